The number of hydrogen-bond acceptors (Lipinski definition) is 4. The minimum atomic E-state index is -0.511. The maximum atomic E-state index is 10.3. The molecule has 1 N–H and O–H groups in total. The molecule has 0 spiro atoms. The molecule has 0 fully saturated rings. The average Bonchev–Trinajstić information content (AvgIpc) is 2.81. The summed E-state index contributed by atoms with van der Waals surface area (Å²) in [6.45, 7) is 6.21. The largest absolute Gasteiger partial charge is 0.387 e. The van der Waals surface area contributed by atoms with E-state index in [-0.39, 0.29) is 0 Å². The van der Waals surface area contributed by atoms with Crippen molar-refractivity contribution in [3.05, 3.63) is 46.0 Å². The van der Waals surface area contributed by atoms with Gasteiger partial charge in [0.2, 0.25) is 0 Å². The van der Waals surface area contributed by atoms with Crippen LogP contribution in [-0.4, -0.2) is 14.7 Å². The first-order valence-corrected chi connectivity index (χ1v) is 6.91. The third-order valence-corrected chi connectivity index (χ3v) is 3.91. The van der Waals surface area contributed by atoms with Gasteiger partial charge in [-0.3, -0.25) is 0 Å². The number of rotatable bonds is 4. The number of benzene rings is 1. The van der Waals surface area contributed by atoms with Crippen LogP contribution in [0.1, 0.15) is 47.6 Å². The summed E-state index contributed by atoms with van der Waals surface area (Å²) in [5.41, 5.74) is 3.30. The van der Waals surface area contributed by atoms with Gasteiger partial charge in [0.25, 0.3) is 0 Å². The van der Waals surface area contributed by atoms with Gasteiger partial charge in [0.05, 0.1) is 16.7 Å². The van der Waals surface area contributed by atoms with Gasteiger partial charge in [0.1, 0.15) is 0 Å². The van der Waals surface area contributed by atoms with Gasteiger partial charge >= 0.3 is 0 Å². The standard InChI is InChI=1S/C14H18N2OS/c1-9(2)13-14(18-16-15-13)12(17)8-11-7-5-4-6-10(11)3/h4-7,9,12,17H,8H2,1-3H3. The summed E-state index contributed by atoms with van der Waals surface area (Å²) in [6, 6.07) is 8.14. The van der Waals surface area contributed by atoms with E-state index < -0.39 is 6.10 Å². The van der Waals surface area contributed by atoms with Crippen molar-refractivity contribution in [1.29, 1.82) is 0 Å². The lowest BCUT2D eigenvalue weighted by molar-refractivity contribution is 0.180. The number of aliphatic hydroxyl groups is 1. The third-order valence-electron chi connectivity index (χ3n) is 3.06. The predicted octanol–water partition coefficient (Wildman–Crippen LogP) is 3.25. The smallest absolute Gasteiger partial charge is 0.0957 e. The number of aryl methyl sites for hydroxylation is 1. The molecule has 0 aliphatic rings. The Balaban J connectivity index is 2.20. The average molecular weight is 262 g/mol. The lowest BCUT2D eigenvalue weighted by atomic mass is 9.99. The van der Waals surface area contributed by atoms with E-state index in [0.717, 1.165) is 10.6 Å². The molecule has 1 unspecified atom stereocenters. The summed E-state index contributed by atoms with van der Waals surface area (Å²) in [5.74, 6) is 0.297. The van der Waals surface area contributed by atoms with E-state index in [4.69, 9.17) is 0 Å². The van der Waals surface area contributed by atoms with Crippen molar-refractivity contribution >= 4 is 11.5 Å². The van der Waals surface area contributed by atoms with E-state index in [1.165, 1.54) is 22.7 Å². The van der Waals surface area contributed by atoms with Crippen molar-refractivity contribution in [3.8, 4) is 0 Å². The van der Waals surface area contributed by atoms with Crippen LogP contribution < -0.4 is 0 Å². The van der Waals surface area contributed by atoms with Crippen molar-refractivity contribution in [1.82, 2.24) is 9.59 Å². The lowest BCUT2D eigenvalue weighted by Gasteiger charge is -2.12. The van der Waals surface area contributed by atoms with E-state index in [1.807, 2.05) is 12.1 Å². The highest BCUT2D eigenvalue weighted by Gasteiger charge is 2.19. The maximum absolute atomic E-state index is 10.3. The molecule has 0 amide bonds. The fourth-order valence-corrected chi connectivity index (χ4v) is 2.77. The van der Waals surface area contributed by atoms with E-state index in [2.05, 4.69) is 42.5 Å². The van der Waals surface area contributed by atoms with Gasteiger partial charge in [-0.25, -0.2) is 0 Å². The molecular formula is C14H18N2OS. The second kappa shape index (κ2) is 5.59. The molecule has 0 saturated heterocycles. The first-order chi connectivity index (χ1) is 8.59. The van der Waals surface area contributed by atoms with Crippen LogP contribution in [0.2, 0.25) is 0 Å². The summed E-state index contributed by atoms with van der Waals surface area (Å²) in [5, 5.41) is 14.5. The van der Waals surface area contributed by atoms with Crippen LogP contribution in [0.5, 0.6) is 0 Å². The van der Waals surface area contributed by atoms with Crippen LogP contribution >= 0.6 is 11.5 Å². The monoisotopic (exact) mass is 262 g/mol. The van der Waals surface area contributed by atoms with Crippen LogP contribution in [0.15, 0.2) is 24.3 Å². The molecule has 0 aliphatic heterocycles. The molecule has 96 valence electrons. The maximum Gasteiger partial charge on any atom is 0.0957 e. The predicted molar refractivity (Wildman–Crippen MR) is 73.8 cm³/mol. The highest BCUT2D eigenvalue weighted by atomic mass is 32.1. The second-order valence-electron chi connectivity index (χ2n) is 4.82. The topological polar surface area (TPSA) is 46.0 Å². The molecule has 1 heterocycles. The summed E-state index contributed by atoms with van der Waals surface area (Å²) in [6.07, 6.45) is 0.111. The van der Waals surface area contributed by atoms with Crippen molar-refractivity contribution in [3.63, 3.8) is 0 Å². The van der Waals surface area contributed by atoms with Gasteiger partial charge in [-0.1, -0.05) is 42.6 Å². The highest BCUT2D eigenvalue weighted by Crippen LogP contribution is 2.28. The van der Waals surface area contributed by atoms with Gasteiger partial charge in [0.15, 0.2) is 0 Å². The second-order valence-corrected chi connectivity index (χ2v) is 5.61. The minimum absolute atomic E-state index is 0.297. The van der Waals surface area contributed by atoms with Crippen LogP contribution in [0.25, 0.3) is 0 Å². The zero-order valence-electron chi connectivity index (χ0n) is 10.9. The lowest BCUT2D eigenvalue weighted by Crippen LogP contribution is -2.05. The van der Waals surface area contributed by atoms with Crippen molar-refractivity contribution in [2.75, 3.05) is 0 Å². The molecule has 0 saturated carbocycles. The Morgan fingerprint density at radius 2 is 2.00 bits per heavy atom. The first kappa shape index (κ1) is 13.2. The number of nitrogens with zero attached hydrogens (tertiary/aromatic N) is 2. The van der Waals surface area contributed by atoms with E-state index in [0.29, 0.717) is 12.3 Å². The van der Waals surface area contributed by atoms with Crippen LogP contribution in [-0.2, 0) is 6.42 Å². The quantitative estimate of drug-likeness (QED) is 0.920. The van der Waals surface area contributed by atoms with E-state index in [9.17, 15) is 5.11 Å². The van der Waals surface area contributed by atoms with Crippen LogP contribution in [0, 0.1) is 6.92 Å². The molecule has 4 heteroatoms. The molecular weight excluding hydrogens is 244 g/mol. The summed E-state index contributed by atoms with van der Waals surface area (Å²) < 4.78 is 3.96. The molecule has 18 heavy (non-hydrogen) atoms. The Morgan fingerprint density at radius 3 is 2.67 bits per heavy atom. The third kappa shape index (κ3) is 2.76. The summed E-state index contributed by atoms with van der Waals surface area (Å²) in [7, 11) is 0. The molecule has 1 atom stereocenters. The molecule has 0 bridgehead atoms. The SMILES string of the molecule is Cc1ccccc1CC(O)c1snnc1C(C)C. The Bertz CT molecular complexity index is 522. The Kier molecular flexibility index (Phi) is 4.09. The molecule has 1 aromatic heterocycles. The van der Waals surface area contributed by atoms with Crippen molar-refractivity contribution in [2.24, 2.45) is 0 Å². The summed E-state index contributed by atoms with van der Waals surface area (Å²) in [4.78, 5) is 0.897. The number of aliphatic hydroxyl groups excluding tert-OH is 1. The Hall–Kier alpha value is -1.26. The van der Waals surface area contributed by atoms with Crippen LogP contribution in [0.4, 0.5) is 0 Å². The molecule has 0 aliphatic carbocycles. The van der Waals surface area contributed by atoms with Crippen LogP contribution in [0.3, 0.4) is 0 Å². The molecule has 1 aromatic carbocycles. The molecule has 2 rings (SSSR count). The molecule has 3 nitrogen and oxygen atoms in total. The van der Waals surface area contributed by atoms with E-state index >= 15 is 0 Å². The molecule has 2 aromatic rings. The van der Waals surface area contributed by atoms with Gasteiger partial charge < -0.3 is 5.11 Å². The Labute approximate surface area is 112 Å². The normalized spacial score (nSPS) is 12.9. The number of hydrogen-bond donors (Lipinski definition) is 1. The van der Waals surface area contributed by atoms with Gasteiger partial charge in [-0.2, -0.15) is 0 Å². The van der Waals surface area contributed by atoms with Crippen molar-refractivity contribution < 1.29 is 5.11 Å². The fourth-order valence-electron chi connectivity index (χ4n) is 1.98. The zero-order valence-corrected chi connectivity index (χ0v) is 11.7. The minimum Gasteiger partial charge on any atom is -0.387 e. The van der Waals surface area contributed by atoms with Gasteiger partial charge in [-0.15, -0.1) is 5.10 Å². The molecule has 0 radical (unpaired) electrons. The van der Waals surface area contributed by atoms with E-state index in [1.54, 1.807) is 0 Å². The highest BCUT2D eigenvalue weighted by molar-refractivity contribution is 7.05. The summed E-state index contributed by atoms with van der Waals surface area (Å²) >= 11 is 1.30. The van der Waals surface area contributed by atoms with Gasteiger partial charge in [-0.05, 0) is 35.5 Å². The zero-order chi connectivity index (χ0) is 13.1. The Morgan fingerprint density at radius 1 is 1.28 bits per heavy atom. The van der Waals surface area contributed by atoms with Crippen molar-refractivity contribution in [2.45, 2.75) is 39.2 Å². The first-order valence-electron chi connectivity index (χ1n) is 6.14. The number of aromatic nitrogens is 2. The fraction of sp³-hybridized carbons (Fsp3) is 0.429. The van der Waals surface area contributed by atoms with Gasteiger partial charge in [0, 0.05) is 6.42 Å².